The molecule has 1 aromatic carbocycles. The second-order valence-corrected chi connectivity index (χ2v) is 5.35. The minimum Gasteiger partial charge on any atom is -0.370 e. The van der Waals surface area contributed by atoms with E-state index in [2.05, 4.69) is 48.0 Å². The van der Waals surface area contributed by atoms with Gasteiger partial charge in [0, 0.05) is 37.9 Å². The summed E-state index contributed by atoms with van der Waals surface area (Å²) in [6, 6.07) is 9.51. The van der Waals surface area contributed by atoms with Crippen molar-refractivity contribution in [1.29, 1.82) is 0 Å². The van der Waals surface area contributed by atoms with Crippen molar-refractivity contribution < 1.29 is 0 Å². The van der Waals surface area contributed by atoms with Gasteiger partial charge in [0.15, 0.2) is 0 Å². The molecule has 100 valence electrons. The van der Waals surface area contributed by atoms with Gasteiger partial charge in [-0.05, 0) is 38.9 Å². The Kier molecular flexibility index (Phi) is 4.61. The monoisotopic (exact) mass is 247 g/mol. The lowest BCUT2D eigenvalue weighted by Crippen LogP contribution is -2.47. The van der Waals surface area contributed by atoms with Crippen molar-refractivity contribution in [2.45, 2.75) is 25.8 Å². The zero-order valence-corrected chi connectivity index (χ0v) is 11.6. The first kappa shape index (κ1) is 13.4. The Bertz CT molecular complexity index is 361. The smallest absolute Gasteiger partial charge is 0.0366 e. The van der Waals surface area contributed by atoms with E-state index in [9.17, 15) is 0 Å². The summed E-state index contributed by atoms with van der Waals surface area (Å²) in [5.41, 5.74) is 8.32. The van der Waals surface area contributed by atoms with Gasteiger partial charge in [-0.15, -0.1) is 0 Å². The van der Waals surface area contributed by atoms with Crippen LogP contribution in [0, 0.1) is 6.92 Å². The summed E-state index contributed by atoms with van der Waals surface area (Å²) < 4.78 is 0. The summed E-state index contributed by atoms with van der Waals surface area (Å²) in [5.74, 6) is 0. The molecule has 0 aliphatic carbocycles. The highest BCUT2D eigenvalue weighted by Gasteiger charge is 2.22. The summed E-state index contributed by atoms with van der Waals surface area (Å²) in [6.45, 7) is 6.18. The Morgan fingerprint density at radius 1 is 1.33 bits per heavy atom. The van der Waals surface area contributed by atoms with Crippen molar-refractivity contribution in [2.24, 2.45) is 5.73 Å². The van der Waals surface area contributed by atoms with Crippen LogP contribution in [0.2, 0.25) is 0 Å². The van der Waals surface area contributed by atoms with E-state index in [4.69, 9.17) is 5.73 Å². The number of hydrogen-bond acceptors (Lipinski definition) is 3. The van der Waals surface area contributed by atoms with Crippen LogP contribution < -0.4 is 10.6 Å². The molecule has 2 rings (SSSR count). The van der Waals surface area contributed by atoms with Crippen molar-refractivity contribution >= 4 is 5.69 Å². The van der Waals surface area contributed by atoms with Crippen LogP contribution in [0.25, 0.3) is 0 Å². The third-order valence-corrected chi connectivity index (χ3v) is 3.90. The first-order valence-corrected chi connectivity index (χ1v) is 6.92. The Balaban J connectivity index is 2.00. The molecule has 3 nitrogen and oxygen atoms in total. The van der Waals surface area contributed by atoms with E-state index in [1.165, 1.54) is 30.6 Å². The summed E-state index contributed by atoms with van der Waals surface area (Å²) in [5, 5.41) is 0. The van der Waals surface area contributed by atoms with Crippen LogP contribution in [-0.2, 0) is 0 Å². The molecule has 1 heterocycles. The largest absolute Gasteiger partial charge is 0.370 e. The SMILES string of the molecule is Cc1ccc(N2CCCC(N(C)CCN)C2)cc1. The van der Waals surface area contributed by atoms with Gasteiger partial charge >= 0.3 is 0 Å². The number of piperidine rings is 1. The number of anilines is 1. The van der Waals surface area contributed by atoms with Crippen molar-refractivity contribution in [3.63, 3.8) is 0 Å². The number of likely N-dealkylation sites (N-methyl/N-ethyl adjacent to an activating group) is 1. The minimum atomic E-state index is 0.642. The van der Waals surface area contributed by atoms with Crippen molar-refractivity contribution in [3.05, 3.63) is 29.8 Å². The van der Waals surface area contributed by atoms with E-state index in [0.29, 0.717) is 6.04 Å². The lowest BCUT2D eigenvalue weighted by molar-refractivity contribution is 0.221. The predicted octanol–water partition coefficient (Wildman–Crippen LogP) is 1.85. The molecule has 1 unspecified atom stereocenters. The van der Waals surface area contributed by atoms with Gasteiger partial charge in [-0.25, -0.2) is 0 Å². The third kappa shape index (κ3) is 3.24. The van der Waals surface area contributed by atoms with E-state index in [1.807, 2.05) is 0 Å². The molecule has 0 aromatic heterocycles. The molecule has 0 amide bonds. The zero-order chi connectivity index (χ0) is 13.0. The first-order chi connectivity index (χ1) is 8.70. The van der Waals surface area contributed by atoms with Gasteiger partial charge < -0.3 is 15.5 Å². The molecule has 1 aromatic rings. The molecule has 3 heteroatoms. The van der Waals surface area contributed by atoms with Crippen LogP contribution in [0.5, 0.6) is 0 Å². The van der Waals surface area contributed by atoms with Gasteiger partial charge in [0.1, 0.15) is 0 Å². The fourth-order valence-electron chi connectivity index (χ4n) is 2.69. The summed E-state index contributed by atoms with van der Waals surface area (Å²) in [4.78, 5) is 4.90. The quantitative estimate of drug-likeness (QED) is 0.881. The zero-order valence-electron chi connectivity index (χ0n) is 11.6. The van der Waals surface area contributed by atoms with Crippen LogP contribution in [-0.4, -0.2) is 44.2 Å². The number of rotatable bonds is 4. The number of nitrogens with zero attached hydrogens (tertiary/aromatic N) is 2. The maximum atomic E-state index is 5.64. The van der Waals surface area contributed by atoms with Crippen molar-refractivity contribution in [2.75, 3.05) is 38.1 Å². The topological polar surface area (TPSA) is 32.5 Å². The molecule has 18 heavy (non-hydrogen) atoms. The maximum Gasteiger partial charge on any atom is 0.0366 e. The third-order valence-electron chi connectivity index (χ3n) is 3.90. The van der Waals surface area contributed by atoms with Gasteiger partial charge in [-0.1, -0.05) is 17.7 Å². The van der Waals surface area contributed by atoms with Crippen LogP contribution in [0.15, 0.2) is 24.3 Å². The number of hydrogen-bond donors (Lipinski definition) is 1. The fourth-order valence-corrected chi connectivity index (χ4v) is 2.69. The normalized spacial score (nSPS) is 20.4. The Morgan fingerprint density at radius 2 is 2.06 bits per heavy atom. The molecular weight excluding hydrogens is 222 g/mol. The van der Waals surface area contributed by atoms with Gasteiger partial charge in [0.2, 0.25) is 0 Å². The highest BCUT2D eigenvalue weighted by molar-refractivity contribution is 5.48. The number of nitrogens with two attached hydrogens (primary N) is 1. The van der Waals surface area contributed by atoms with E-state index < -0.39 is 0 Å². The van der Waals surface area contributed by atoms with Gasteiger partial charge in [0.25, 0.3) is 0 Å². The molecular formula is C15H25N3. The Morgan fingerprint density at radius 3 is 2.72 bits per heavy atom. The first-order valence-electron chi connectivity index (χ1n) is 6.92. The summed E-state index contributed by atoms with van der Waals surface area (Å²) >= 11 is 0. The molecule has 1 aliphatic rings. The molecule has 0 bridgehead atoms. The maximum absolute atomic E-state index is 5.64. The number of aryl methyl sites for hydroxylation is 1. The van der Waals surface area contributed by atoms with Gasteiger partial charge in [-0.3, -0.25) is 0 Å². The molecule has 1 fully saturated rings. The summed E-state index contributed by atoms with van der Waals surface area (Å²) in [6.07, 6.45) is 2.56. The highest BCUT2D eigenvalue weighted by atomic mass is 15.2. The van der Waals surface area contributed by atoms with E-state index in [1.54, 1.807) is 0 Å². The molecule has 1 atom stereocenters. The standard InChI is InChI=1S/C15H25N3/c1-13-5-7-14(8-6-13)18-10-3-4-15(12-18)17(2)11-9-16/h5-8,15H,3-4,9-12,16H2,1-2H3. The van der Waals surface area contributed by atoms with E-state index >= 15 is 0 Å². The predicted molar refractivity (Wildman–Crippen MR) is 78.1 cm³/mol. The Labute approximate surface area is 111 Å². The molecule has 2 N–H and O–H groups in total. The van der Waals surface area contributed by atoms with Crippen LogP contribution in [0.1, 0.15) is 18.4 Å². The second kappa shape index (κ2) is 6.21. The highest BCUT2D eigenvalue weighted by Crippen LogP contribution is 2.22. The number of benzene rings is 1. The molecule has 0 radical (unpaired) electrons. The average molecular weight is 247 g/mol. The van der Waals surface area contributed by atoms with Crippen LogP contribution in [0.3, 0.4) is 0 Å². The molecule has 0 spiro atoms. The lowest BCUT2D eigenvalue weighted by atomic mass is 10.0. The fraction of sp³-hybridized carbons (Fsp3) is 0.600. The molecule has 0 saturated carbocycles. The van der Waals surface area contributed by atoms with Crippen molar-refractivity contribution in [3.8, 4) is 0 Å². The molecule has 1 saturated heterocycles. The lowest BCUT2D eigenvalue weighted by Gasteiger charge is -2.38. The van der Waals surface area contributed by atoms with Crippen LogP contribution in [0.4, 0.5) is 5.69 Å². The second-order valence-electron chi connectivity index (χ2n) is 5.35. The van der Waals surface area contributed by atoms with Crippen LogP contribution >= 0.6 is 0 Å². The van der Waals surface area contributed by atoms with E-state index in [0.717, 1.165) is 19.6 Å². The van der Waals surface area contributed by atoms with Gasteiger partial charge in [-0.2, -0.15) is 0 Å². The summed E-state index contributed by atoms with van der Waals surface area (Å²) in [7, 11) is 2.19. The van der Waals surface area contributed by atoms with Crippen molar-refractivity contribution in [1.82, 2.24) is 4.90 Å². The molecule has 1 aliphatic heterocycles. The Hall–Kier alpha value is -1.06. The van der Waals surface area contributed by atoms with E-state index in [-0.39, 0.29) is 0 Å². The average Bonchev–Trinajstić information content (AvgIpc) is 2.40. The minimum absolute atomic E-state index is 0.642. The van der Waals surface area contributed by atoms with Gasteiger partial charge in [0.05, 0.1) is 0 Å².